The number of thiophene rings is 1. The minimum atomic E-state index is -3.80. The first-order valence-electron chi connectivity index (χ1n) is 5.65. The van der Waals surface area contributed by atoms with Gasteiger partial charge in [-0.3, -0.25) is 0 Å². The summed E-state index contributed by atoms with van der Waals surface area (Å²) in [6.07, 6.45) is 0. The molecule has 21 heavy (non-hydrogen) atoms. The van der Waals surface area contributed by atoms with Gasteiger partial charge in [0.15, 0.2) is 0 Å². The molecule has 0 aliphatic rings. The minimum absolute atomic E-state index is 0.0124. The molecular weight excluding hydrogens is 419 g/mol. The Balaban J connectivity index is 2.38. The third-order valence-electron chi connectivity index (χ3n) is 2.72. The Hall–Kier alpha value is -0.310. The van der Waals surface area contributed by atoms with Crippen LogP contribution in [0.3, 0.4) is 0 Å². The zero-order chi connectivity index (χ0) is 15.8. The van der Waals surface area contributed by atoms with E-state index in [1.165, 1.54) is 34.8 Å². The van der Waals surface area contributed by atoms with Crippen molar-refractivity contribution in [3.05, 3.63) is 43.0 Å². The molecule has 0 saturated carbocycles. The molecular formula is C12H11BrCl2N2O2S2. The number of sulfonamides is 1. The van der Waals surface area contributed by atoms with E-state index in [0.29, 0.717) is 5.69 Å². The number of hydrogen-bond acceptors (Lipinski definition) is 4. The van der Waals surface area contributed by atoms with Crippen molar-refractivity contribution >= 4 is 66.2 Å². The van der Waals surface area contributed by atoms with Crippen molar-refractivity contribution in [2.45, 2.75) is 11.4 Å². The quantitative estimate of drug-likeness (QED) is 0.740. The fourth-order valence-electron chi connectivity index (χ4n) is 1.75. The number of anilines is 1. The summed E-state index contributed by atoms with van der Waals surface area (Å²) < 4.78 is 27.3. The number of hydrogen-bond donors (Lipinski definition) is 1. The van der Waals surface area contributed by atoms with E-state index in [1.807, 2.05) is 11.4 Å². The number of halogens is 3. The first kappa shape index (κ1) is 17.1. The molecule has 0 aliphatic carbocycles. The topological polar surface area (TPSA) is 63.4 Å². The Morgan fingerprint density at radius 1 is 1.29 bits per heavy atom. The standard InChI is InChI=1S/C12H11BrCl2N2O2S2/c1-17(5-7-2-11(13)20-6-7)21(18,19)12-9(14)3-8(16)4-10(12)15/h2-4,6H,5,16H2,1H3. The maximum atomic E-state index is 12.6. The van der Waals surface area contributed by atoms with Crippen LogP contribution < -0.4 is 5.73 Å². The number of benzene rings is 1. The van der Waals surface area contributed by atoms with Crippen LogP contribution in [0.15, 0.2) is 32.3 Å². The first-order valence-corrected chi connectivity index (χ1v) is 9.52. The Morgan fingerprint density at radius 2 is 1.86 bits per heavy atom. The molecule has 0 bridgehead atoms. The van der Waals surface area contributed by atoms with Crippen molar-refractivity contribution in [3.63, 3.8) is 0 Å². The van der Waals surface area contributed by atoms with Gasteiger partial charge in [-0.05, 0) is 45.1 Å². The number of nitrogens with zero attached hydrogens (tertiary/aromatic N) is 1. The Bertz CT molecular complexity index is 754. The second kappa shape index (κ2) is 6.44. The van der Waals surface area contributed by atoms with Crippen LogP contribution >= 0.6 is 50.5 Å². The van der Waals surface area contributed by atoms with Gasteiger partial charge in [0, 0.05) is 19.3 Å². The van der Waals surface area contributed by atoms with E-state index < -0.39 is 10.0 Å². The third kappa shape index (κ3) is 3.72. The molecule has 1 aromatic heterocycles. The van der Waals surface area contributed by atoms with Gasteiger partial charge in [0.1, 0.15) is 4.90 Å². The molecule has 114 valence electrons. The number of nitrogen functional groups attached to an aromatic ring is 1. The van der Waals surface area contributed by atoms with Crippen molar-refractivity contribution in [2.24, 2.45) is 0 Å². The fraction of sp³-hybridized carbons (Fsp3) is 0.167. The molecule has 2 N–H and O–H groups in total. The second-order valence-electron chi connectivity index (χ2n) is 4.33. The average molecular weight is 430 g/mol. The van der Waals surface area contributed by atoms with Crippen LogP contribution in [0.1, 0.15) is 5.56 Å². The van der Waals surface area contributed by atoms with E-state index in [1.54, 1.807) is 0 Å². The van der Waals surface area contributed by atoms with Crippen LogP contribution in [0.4, 0.5) is 5.69 Å². The Kier molecular flexibility index (Phi) is 5.23. The monoisotopic (exact) mass is 428 g/mol. The summed E-state index contributed by atoms with van der Waals surface area (Å²) in [7, 11) is -2.33. The van der Waals surface area contributed by atoms with E-state index in [0.717, 1.165) is 9.35 Å². The van der Waals surface area contributed by atoms with E-state index in [9.17, 15) is 8.42 Å². The SMILES string of the molecule is CN(Cc1csc(Br)c1)S(=O)(=O)c1c(Cl)cc(N)cc1Cl. The molecule has 2 aromatic rings. The third-order valence-corrected chi connectivity index (χ3v) is 6.99. The van der Waals surface area contributed by atoms with Crippen LogP contribution in [0.5, 0.6) is 0 Å². The van der Waals surface area contributed by atoms with Gasteiger partial charge >= 0.3 is 0 Å². The summed E-state index contributed by atoms with van der Waals surface area (Å²) in [5.41, 5.74) is 6.78. The molecule has 1 aromatic carbocycles. The normalized spacial score (nSPS) is 12.0. The van der Waals surface area contributed by atoms with Gasteiger partial charge in [-0.25, -0.2) is 8.42 Å². The van der Waals surface area contributed by atoms with Crippen LogP contribution in [0.2, 0.25) is 10.0 Å². The molecule has 0 unspecified atom stereocenters. The lowest BCUT2D eigenvalue weighted by atomic mass is 10.3. The molecule has 9 heteroatoms. The molecule has 0 aliphatic heterocycles. The van der Waals surface area contributed by atoms with E-state index in [2.05, 4.69) is 15.9 Å². The molecule has 0 saturated heterocycles. The molecule has 4 nitrogen and oxygen atoms in total. The smallest absolute Gasteiger partial charge is 0.246 e. The maximum absolute atomic E-state index is 12.6. The average Bonchev–Trinajstić information content (AvgIpc) is 2.72. The van der Waals surface area contributed by atoms with Gasteiger partial charge in [0.25, 0.3) is 0 Å². The van der Waals surface area contributed by atoms with Crippen LogP contribution in [-0.4, -0.2) is 19.8 Å². The van der Waals surface area contributed by atoms with Crippen molar-refractivity contribution in [2.75, 3.05) is 12.8 Å². The lowest BCUT2D eigenvalue weighted by Crippen LogP contribution is -2.27. The van der Waals surface area contributed by atoms with E-state index in [4.69, 9.17) is 28.9 Å². The summed E-state index contributed by atoms with van der Waals surface area (Å²) in [5.74, 6) is 0. The van der Waals surface area contributed by atoms with Crippen LogP contribution in [0, 0.1) is 0 Å². The van der Waals surface area contributed by atoms with E-state index >= 15 is 0 Å². The fourth-order valence-corrected chi connectivity index (χ4v) is 5.28. The zero-order valence-corrected chi connectivity index (χ0v) is 15.5. The largest absolute Gasteiger partial charge is 0.399 e. The van der Waals surface area contributed by atoms with Crippen LogP contribution in [-0.2, 0) is 16.6 Å². The van der Waals surface area contributed by atoms with Gasteiger partial charge < -0.3 is 5.73 Å². The molecule has 0 radical (unpaired) electrons. The van der Waals surface area contributed by atoms with Gasteiger partial charge in [0.2, 0.25) is 10.0 Å². The highest BCUT2D eigenvalue weighted by Crippen LogP contribution is 2.34. The summed E-state index contributed by atoms with van der Waals surface area (Å²) >= 11 is 16.8. The second-order valence-corrected chi connectivity index (χ2v) is 9.42. The van der Waals surface area contributed by atoms with Crippen molar-refractivity contribution in [1.82, 2.24) is 4.31 Å². The molecule has 0 atom stereocenters. The molecule has 0 amide bonds. The van der Waals surface area contributed by atoms with Gasteiger partial charge in [-0.15, -0.1) is 11.3 Å². The highest BCUT2D eigenvalue weighted by atomic mass is 79.9. The zero-order valence-electron chi connectivity index (χ0n) is 10.8. The Morgan fingerprint density at radius 3 is 2.33 bits per heavy atom. The lowest BCUT2D eigenvalue weighted by Gasteiger charge is -2.18. The minimum Gasteiger partial charge on any atom is -0.399 e. The van der Waals surface area contributed by atoms with Crippen LogP contribution in [0.25, 0.3) is 0 Å². The summed E-state index contributed by atoms with van der Waals surface area (Å²) in [6, 6.07) is 4.60. The predicted octanol–water partition coefficient (Wildman–Crippen LogP) is 4.22. The summed E-state index contributed by atoms with van der Waals surface area (Å²) in [5, 5.41) is 1.90. The summed E-state index contributed by atoms with van der Waals surface area (Å²) in [6.45, 7) is 0.224. The summed E-state index contributed by atoms with van der Waals surface area (Å²) in [4.78, 5) is -0.128. The maximum Gasteiger partial charge on any atom is 0.246 e. The first-order chi connectivity index (χ1) is 9.71. The number of nitrogens with two attached hydrogens (primary N) is 1. The molecule has 1 heterocycles. The van der Waals surface area contributed by atoms with Crippen molar-refractivity contribution in [1.29, 1.82) is 0 Å². The molecule has 2 rings (SSSR count). The highest BCUT2D eigenvalue weighted by Gasteiger charge is 2.27. The van der Waals surface area contributed by atoms with Gasteiger partial charge in [0.05, 0.1) is 13.8 Å². The highest BCUT2D eigenvalue weighted by molar-refractivity contribution is 9.11. The number of rotatable bonds is 4. The lowest BCUT2D eigenvalue weighted by molar-refractivity contribution is 0.467. The van der Waals surface area contributed by atoms with Gasteiger partial charge in [-0.2, -0.15) is 4.31 Å². The Labute approximate surface area is 145 Å². The van der Waals surface area contributed by atoms with Crippen molar-refractivity contribution in [3.8, 4) is 0 Å². The predicted molar refractivity (Wildman–Crippen MR) is 91.5 cm³/mol. The van der Waals surface area contributed by atoms with Gasteiger partial charge in [-0.1, -0.05) is 23.2 Å². The van der Waals surface area contributed by atoms with Crippen molar-refractivity contribution < 1.29 is 8.42 Å². The molecule has 0 fully saturated rings. The van der Waals surface area contributed by atoms with E-state index in [-0.39, 0.29) is 21.5 Å². The molecule has 0 spiro atoms.